The van der Waals surface area contributed by atoms with Crippen LogP contribution >= 0.6 is 0 Å². The van der Waals surface area contributed by atoms with E-state index in [9.17, 15) is 14.6 Å². The van der Waals surface area contributed by atoms with Crippen molar-refractivity contribution < 1.29 is 28.5 Å². The van der Waals surface area contributed by atoms with E-state index in [1.54, 1.807) is 19.2 Å². The molecule has 3 aliphatic heterocycles. The summed E-state index contributed by atoms with van der Waals surface area (Å²) in [6, 6.07) is 8.95. The molecule has 0 amide bonds. The molecule has 3 atom stereocenters. The number of aromatic hydroxyl groups is 1. The highest BCUT2D eigenvalue weighted by atomic mass is 19.1. The molecule has 44 heavy (non-hydrogen) atoms. The zero-order valence-corrected chi connectivity index (χ0v) is 25.0. The minimum atomic E-state index is -1.17. The Labute approximate surface area is 254 Å². The molecule has 4 aromatic rings. The lowest BCUT2D eigenvalue weighted by atomic mass is 9.95. The molecule has 0 bridgehead atoms. The van der Waals surface area contributed by atoms with E-state index in [-0.39, 0.29) is 42.7 Å². The van der Waals surface area contributed by atoms with Gasteiger partial charge in [0.25, 0.3) is 0 Å². The third-order valence-electron chi connectivity index (χ3n) is 9.31. The van der Waals surface area contributed by atoms with Gasteiger partial charge < -0.3 is 24.6 Å². The lowest BCUT2D eigenvalue weighted by molar-refractivity contribution is -0.0123. The first kappa shape index (κ1) is 29.1. The number of aromatic nitrogens is 3. The highest BCUT2D eigenvalue weighted by Gasteiger charge is 2.49. The number of phenols is 1. The average molecular weight is 606 g/mol. The lowest BCUT2D eigenvalue weighted by Crippen LogP contribution is -2.44. The number of aryl methyl sites for hydroxylation is 1. The second kappa shape index (κ2) is 11.0. The normalized spacial score (nSPS) is 25.9. The molecule has 2 aromatic carbocycles. The SMILES string of the molecule is CCc1cccc2cc(O)cc(-c3ncc4c(N5CCOC[C@@](C)(O)C5)nc(OC[C@@]56CCCN5C[C@H](F)C6)nc4c3F)c12. The van der Waals surface area contributed by atoms with E-state index in [4.69, 9.17) is 14.5 Å². The maximum absolute atomic E-state index is 16.8. The molecule has 5 heterocycles. The zero-order valence-electron chi connectivity index (χ0n) is 25.0. The van der Waals surface area contributed by atoms with Crippen LogP contribution in [0.15, 0.2) is 36.5 Å². The number of halogens is 2. The zero-order chi connectivity index (χ0) is 30.6. The molecular formula is C33H37F2N5O4. The number of fused-ring (bicyclic) bond motifs is 3. The number of hydrogen-bond acceptors (Lipinski definition) is 9. The van der Waals surface area contributed by atoms with Crippen molar-refractivity contribution in [3.05, 3.63) is 47.9 Å². The van der Waals surface area contributed by atoms with Gasteiger partial charge in [0.1, 0.15) is 41.2 Å². The number of aliphatic hydroxyl groups is 1. The Bertz CT molecular complexity index is 1740. The van der Waals surface area contributed by atoms with Crippen LogP contribution in [0.3, 0.4) is 0 Å². The molecular weight excluding hydrogens is 568 g/mol. The maximum atomic E-state index is 16.8. The number of β-amino-alcohol motifs (C(OH)–C–C–N with tert-alkyl or cyclic N) is 1. The van der Waals surface area contributed by atoms with Gasteiger partial charge in [-0.2, -0.15) is 9.97 Å². The van der Waals surface area contributed by atoms with Gasteiger partial charge in [-0.05, 0) is 61.2 Å². The van der Waals surface area contributed by atoms with E-state index in [1.807, 2.05) is 30.0 Å². The van der Waals surface area contributed by atoms with Crippen LogP contribution in [0.25, 0.3) is 32.9 Å². The van der Waals surface area contributed by atoms with Gasteiger partial charge in [0.05, 0.1) is 30.7 Å². The fourth-order valence-electron chi connectivity index (χ4n) is 7.32. The summed E-state index contributed by atoms with van der Waals surface area (Å²) in [5.41, 5.74) is -0.0661. The van der Waals surface area contributed by atoms with Crippen LogP contribution in [0.4, 0.5) is 14.6 Å². The van der Waals surface area contributed by atoms with Gasteiger partial charge in [-0.15, -0.1) is 0 Å². The van der Waals surface area contributed by atoms with Crippen molar-refractivity contribution in [2.75, 3.05) is 50.9 Å². The van der Waals surface area contributed by atoms with Crippen molar-refractivity contribution >= 4 is 27.5 Å². The number of phenolic OH excluding ortho intramolecular Hbond substituents is 1. The largest absolute Gasteiger partial charge is 0.508 e. The van der Waals surface area contributed by atoms with E-state index in [2.05, 4.69) is 14.9 Å². The van der Waals surface area contributed by atoms with E-state index in [0.29, 0.717) is 49.3 Å². The molecule has 3 fully saturated rings. The van der Waals surface area contributed by atoms with Crippen molar-refractivity contribution in [2.45, 2.75) is 56.8 Å². The van der Waals surface area contributed by atoms with Crippen LogP contribution < -0.4 is 9.64 Å². The van der Waals surface area contributed by atoms with Crippen LogP contribution in [0.2, 0.25) is 0 Å². The molecule has 0 unspecified atom stereocenters. The molecule has 9 nitrogen and oxygen atoms in total. The van der Waals surface area contributed by atoms with Gasteiger partial charge >= 0.3 is 6.01 Å². The molecule has 2 N–H and O–H groups in total. The van der Waals surface area contributed by atoms with Gasteiger partial charge in [-0.25, -0.2) is 8.78 Å². The van der Waals surface area contributed by atoms with Crippen molar-refractivity contribution in [1.82, 2.24) is 19.9 Å². The summed E-state index contributed by atoms with van der Waals surface area (Å²) in [4.78, 5) is 17.9. The van der Waals surface area contributed by atoms with Gasteiger partial charge in [0, 0.05) is 31.3 Å². The third kappa shape index (κ3) is 5.10. The number of rotatable bonds is 6. The number of alkyl halides is 1. The first-order valence-electron chi connectivity index (χ1n) is 15.3. The minimum Gasteiger partial charge on any atom is -0.508 e. The molecule has 11 heteroatoms. The van der Waals surface area contributed by atoms with Gasteiger partial charge in [-0.3, -0.25) is 9.88 Å². The van der Waals surface area contributed by atoms with Crippen LogP contribution in [0.1, 0.15) is 38.7 Å². The Morgan fingerprint density at radius 3 is 2.91 bits per heavy atom. The number of pyridine rings is 1. The Morgan fingerprint density at radius 2 is 2.07 bits per heavy atom. The topological polar surface area (TPSA) is 104 Å². The van der Waals surface area contributed by atoms with Crippen LogP contribution in [-0.4, -0.2) is 93.4 Å². The molecule has 0 aliphatic carbocycles. The van der Waals surface area contributed by atoms with Crippen molar-refractivity contribution in [2.24, 2.45) is 0 Å². The first-order valence-corrected chi connectivity index (χ1v) is 15.3. The summed E-state index contributed by atoms with van der Waals surface area (Å²) in [6.45, 7) is 6.20. The first-order chi connectivity index (χ1) is 21.2. The molecule has 7 rings (SSSR count). The summed E-state index contributed by atoms with van der Waals surface area (Å²) < 4.78 is 43.1. The molecule has 2 aromatic heterocycles. The third-order valence-corrected chi connectivity index (χ3v) is 9.31. The molecule has 0 radical (unpaired) electrons. The second-order valence-electron chi connectivity index (χ2n) is 12.7. The Hall–Kier alpha value is -3.67. The Balaban J connectivity index is 1.38. The summed E-state index contributed by atoms with van der Waals surface area (Å²) in [6.07, 6.45) is 3.50. The Kier molecular flexibility index (Phi) is 7.30. The van der Waals surface area contributed by atoms with E-state index in [1.165, 1.54) is 6.07 Å². The minimum absolute atomic E-state index is 0.00403. The smallest absolute Gasteiger partial charge is 0.319 e. The van der Waals surface area contributed by atoms with E-state index in [0.717, 1.165) is 35.7 Å². The molecule has 0 spiro atoms. The van der Waals surface area contributed by atoms with E-state index >= 15 is 4.39 Å². The fourth-order valence-corrected chi connectivity index (χ4v) is 7.32. The summed E-state index contributed by atoms with van der Waals surface area (Å²) in [5, 5.41) is 23.5. The van der Waals surface area contributed by atoms with Crippen LogP contribution in [0.5, 0.6) is 11.8 Å². The summed E-state index contributed by atoms with van der Waals surface area (Å²) in [5.74, 6) is -0.291. The molecule has 0 saturated carbocycles. The highest BCUT2D eigenvalue weighted by Crippen LogP contribution is 2.41. The van der Waals surface area contributed by atoms with Gasteiger partial charge in [0.2, 0.25) is 0 Å². The average Bonchev–Trinajstić information content (AvgIpc) is 3.45. The van der Waals surface area contributed by atoms with Crippen LogP contribution in [0, 0.1) is 5.82 Å². The predicted molar refractivity (Wildman–Crippen MR) is 163 cm³/mol. The number of hydrogen-bond donors (Lipinski definition) is 2. The molecule has 232 valence electrons. The van der Waals surface area contributed by atoms with Crippen molar-refractivity contribution in [3.63, 3.8) is 0 Å². The second-order valence-corrected chi connectivity index (χ2v) is 12.7. The Morgan fingerprint density at radius 1 is 1.20 bits per heavy atom. The number of nitrogens with zero attached hydrogens (tertiary/aromatic N) is 5. The number of benzene rings is 2. The predicted octanol–water partition coefficient (Wildman–Crippen LogP) is 4.79. The quantitative estimate of drug-likeness (QED) is 0.321. The monoisotopic (exact) mass is 605 g/mol. The standard InChI is InChI=1S/C33H37F2N5O4/c1-3-20-6-4-7-21-12-23(41)13-24(26(20)21)28-27(35)29-25(15-36-28)30(39-10-11-43-18-32(2,42)17-39)38-31(37-29)44-19-33-8-5-9-40(33)16-22(34)14-33/h4,6-7,12-13,15,22,41-42H,3,5,8-11,14,16-19H2,1-2H3/t22-,32+,33+/m1/s1. The number of ether oxygens (including phenoxy) is 2. The van der Waals surface area contributed by atoms with Gasteiger partial charge in [-0.1, -0.05) is 25.1 Å². The lowest BCUT2D eigenvalue weighted by Gasteiger charge is -2.31. The summed E-state index contributed by atoms with van der Waals surface area (Å²) >= 11 is 0. The van der Waals surface area contributed by atoms with Crippen molar-refractivity contribution in [1.29, 1.82) is 0 Å². The van der Waals surface area contributed by atoms with E-state index < -0.39 is 23.1 Å². The van der Waals surface area contributed by atoms with Crippen LogP contribution in [-0.2, 0) is 11.2 Å². The van der Waals surface area contributed by atoms with Crippen molar-refractivity contribution in [3.8, 4) is 23.0 Å². The number of anilines is 1. The highest BCUT2D eigenvalue weighted by molar-refractivity contribution is 6.01. The molecule has 3 saturated heterocycles. The molecule has 3 aliphatic rings. The fraction of sp³-hybridized carbons (Fsp3) is 0.485. The van der Waals surface area contributed by atoms with Gasteiger partial charge in [0.15, 0.2) is 5.82 Å². The maximum Gasteiger partial charge on any atom is 0.319 e. The summed E-state index contributed by atoms with van der Waals surface area (Å²) in [7, 11) is 0.